The van der Waals surface area contributed by atoms with Crippen molar-refractivity contribution < 1.29 is 5.11 Å². The monoisotopic (exact) mass is 158 g/mol. The smallest absolute Gasteiger partial charge is 0.0831 e. The molecule has 3 heteroatoms. The van der Waals surface area contributed by atoms with Gasteiger partial charge in [0.2, 0.25) is 0 Å². The van der Waals surface area contributed by atoms with Crippen molar-refractivity contribution in [1.82, 2.24) is 10.2 Å². The van der Waals surface area contributed by atoms with Crippen LogP contribution in [0.3, 0.4) is 0 Å². The Balaban J connectivity index is 2.45. The summed E-state index contributed by atoms with van der Waals surface area (Å²) in [6.07, 6.45) is -0.192. The molecule has 11 heavy (non-hydrogen) atoms. The minimum atomic E-state index is -0.192. The number of nitrogens with zero attached hydrogens (tertiary/aromatic N) is 1. The van der Waals surface area contributed by atoms with E-state index >= 15 is 0 Å². The van der Waals surface area contributed by atoms with Gasteiger partial charge in [0.25, 0.3) is 0 Å². The Kier molecular flexibility index (Phi) is 2.87. The summed E-state index contributed by atoms with van der Waals surface area (Å²) in [7, 11) is 2.06. The Bertz CT molecular complexity index is 127. The van der Waals surface area contributed by atoms with Gasteiger partial charge in [-0.1, -0.05) is 0 Å². The summed E-state index contributed by atoms with van der Waals surface area (Å²) in [5.41, 5.74) is 0. The molecule has 3 nitrogen and oxygen atoms in total. The zero-order chi connectivity index (χ0) is 8.43. The number of hydrogen-bond acceptors (Lipinski definition) is 3. The highest BCUT2D eigenvalue weighted by atomic mass is 16.3. The van der Waals surface area contributed by atoms with E-state index < -0.39 is 0 Å². The fourth-order valence-corrected chi connectivity index (χ4v) is 1.45. The maximum absolute atomic E-state index is 9.50. The molecule has 0 aromatic heterocycles. The van der Waals surface area contributed by atoms with Crippen LogP contribution in [-0.2, 0) is 0 Å². The van der Waals surface area contributed by atoms with Crippen molar-refractivity contribution in [3.8, 4) is 0 Å². The summed E-state index contributed by atoms with van der Waals surface area (Å²) in [6.45, 7) is 5.94. The van der Waals surface area contributed by atoms with E-state index in [1.54, 1.807) is 0 Å². The van der Waals surface area contributed by atoms with Gasteiger partial charge in [-0.2, -0.15) is 0 Å². The zero-order valence-corrected chi connectivity index (χ0v) is 7.54. The molecule has 2 N–H and O–H groups in total. The second kappa shape index (κ2) is 3.52. The van der Waals surface area contributed by atoms with E-state index in [1.165, 1.54) is 0 Å². The standard InChI is InChI=1S/C8H18N2O/c1-6(2)10(3)7-4-9-5-8(7)11/h6-9,11H,4-5H2,1-3H3/t7-,8+/m1/s1. The Morgan fingerprint density at radius 3 is 2.45 bits per heavy atom. The largest absolute Gasteiger partial charge is 0.390 e. The highest BCUT2D eigenvalue weighted by Crippen LogP contribution is 2.09. The fraction of sp³-hybridized carbons (Fsp3) is 1.00. The first kappa shape index (κ1) is 8.97. The van der Waals surface area contributed by atoms with Crippen LogP contribution in [0, 0.1) is 0 Å². The van der Waals surface area contributed by atoms with Gasteiger partial charge >= 0.3 is 0 Å². The van der Waals surface area contributed by atoms with Gasteiger partial charge in [0, 0.05) is 25.2 Å². The van der Waals surface area contributed by atoms with Crippen molar-refractivity contribution >= 4 is 0 Å². The van der Waals surface area contributed by atoms with Crippen LogP contribution in [-0.4, -0.2) is 48.3 Å². The van der Waals surface area contributed by atoms with Crippen LogP contribution in [0.4, 0.5) is 0 Å². The molecular formula is C8H18N2O. The number of aliphatic hydroxyl groups excluding tert-OH is 1. The summed E-state index contributed by atoms with van der Waals surface area (Å²) in [5, 5.41) is 12.7. The zero-order valence-electron chi connectivity index (χ0n) is 7.54. The third-order valence-electron chi connectivity index (χ3n) is 2.49. The van der Waals surface area contributed by atoms with Crippen molar-refractivity contribution in [2.45, 2.75) is 32.0 Å². The first-order valence-electron chi connectivity index (χ1n) is 4.23. The van der Waals surface area contributed by atoms with Crippen LogP contribution < -0.4 is 5.32 Å². The van der Waals surface area contributed by atoms with E-state index in [4.69, 9.17) is 0 Å². The SMILES string of the molecule is CC(C)N(C)[C@@H]1CNC[C@@H]1O. The number of hydrogen-bond donors (Lipinski definition) is 2. The first-order valence-corrected chi connectivity index (χ1v) is 4.23. The number of β-amino-alcohol motifs (C(OH)–C–C–N with tert-alkyl or cyclic N) is 1. The van der Waals surface area contributed by atoms with Crippen molar-refractivity contribution in [1.29, 1.82) is 0 Å². The summed E-state index contributed by atoms with van der Waals surface area (Å²) in [6, 6.07) is 0.810. The van der Waals surface area contributed by atoms with Gasteiger partial charge in [-0.05, 0) is 20.9 Å². The van der Waals surface area contributed by atoms with Crippen molar-refractivity contribution in [3.63, 3.8) is 0 Å². The summed E-state index contributed by atoms with van der Waals surface area (Å²) in [5.74, 6) is 0. The second-order valence-corrected chi connectivity index (χ2v) is 3.55. The topological polar surface area (TPSA) is 35.5 Å². The van der Waals surface area contributed by atoms with Crippen LogP contribution >= 0.6 is 0 Å². The summed E-state index contributed by atoms with van der Waals surface area (Å²) in [4.78, 5) is 2.21. The quantitative estimate of drug-likeness (QED) is 0.577. The van der Waals surface area contributed by atoms with E-state index in [2.05, 4.69) is 31.1 Å². The molecule has 0 aromatic carbocycles. The van der Waals surface area contributed by atoms with E-state index in [0.29, 0.717) is 12.1 Å². The molecule has 1 heterocycles. The van der Waals surface area contributed by atoms with Gasteiger partial charge in [0.05, 0.1) is 6.10 Å². The molecular weight excluding hydrogens is 140 g/mol. The van der Waals surface area contributed by atoms with Crippen molar-refractivity contribution in [2.75, 3.05) is 20.1 Å². The van der Waals surface area contributed by atoms with Crippen LogP contribution in [0.25, 0.3) is 0 Å². The molecule has 0 aromatic rings. The molecule has 1 aliphatic rings. The average Bonchev–Trinajstić information content (AvgIpc) is 2.33. The lowest BCUT2D eigenvalue weighted by molar-refractivity contribution is 0.0823. The Morgan fingerprint density at radius 2 is 2.09 bits per heavy atom. The van der Waals surface area contributed by atoms with Gasteiger partial charge < -0.3 is 10.4 Å². The minimum Gasteiger partial charge on any atom is -0.390 e. The molecule has 2 atom stereocenters. The first-order chi connectivity index (χ1) is 5.13. The van der Waals surface area contributed by atoms with Gasteiger partial charge in [-0.25, -0.2) is 0 Å². The van der Waals surface area contributed by atoms with E-state index in [1.807, 2.05) is 0 Å². The average molecular weight is 158 g/mol. The Morgan fingerprint density at radius 1 is 1.45 bits per heavy atom. The fourth-order valence-electron chi connectivity index (χ4n) is 1.45. The predicted molar refractivity (Wildman–Crippen MR) is 45.6 cm³/mol. The van der Waals surface area contributed by atoms with Crippen LogP contribution in [0.2, 0.25) is 0 Å². The molecule has 1 saturated heterocycles. The molecule has 0 bridgehead atoms. The lowest BCUT2D eigenvalue weighted by atomic mass is 10.1. The molecule has 1 rings (SSSR count). The van der Waals surface area contributed by atoms with Gasteiger partial charge in [0.1, 0.15) is 0 Å². The third-order valence-corrected chi connectivity index (χ3v) is 2.49. The minimum absolute atomic E-state index is 0.192. The predicted octanol–water partition coefficient (Wildman–Crippen LogP) is -0.341. The number of rotatable bonds is 2. The molecule has 0 radical (unpaired) electrons. The van der Waals surface area contributed by atoms with E-state index in [9.17, 15) is 5.11 Å². The third kappa shape index (κ3) is 1.92. The van der Waals surface area contributed by atoms with Crippen LogP contribution in [0.1, 0.15) is 13.8 Å². The highest BCUT2D eigenvalue weighted by molar-refractivity contribution is 4.88. The molecule has 66 valence electrons. The second-order valence-electron chi connectivity index (χ2n) is 3.55. The molecule has 0 spiro atoms. The molecule has 0 saturated carbocycles. The van der Waals surface area contributed by atoms with E-state index in [0.717, 1.165) is 13.1 Å². The number of nitrogens with one attached hydrogen (secondary N) is 1. The molecule has 0 amide bonds. The Hall–Kier alpha value is -0.120. The lowest BCUT2D eigenvalue weighted by Crippen LogP contribution is -2.44. The maximum atomic E-state index is 9.50. The molecule has 1 fully saturated rings. The van der Waals surface area contributed by atoms with Crippen molar-refractivity contribution in [3.05, 3.63) is 0 Å². The summed E-state index contributed by atoms with van der Waals surface area (Å²) >= 11 is 0. The Labute approximate surface area is 68.4 Å². The maximum Gasteiger partial charge on any atom is 0.0831 e. The number of likely N-dealkylation sites (N-methyl/N-ethyl adjacent to an activating group) is 1. The van der Waals surface area contributed by atoms with Crippen LogP contribution in [0.5, 0.6) is 0 Å². The van der Waals surface area contributed by atoms with Gasteiger partial charge in [0.15, 0.2) is 0 Å². The summed E-state index contributed by atoms with van der Waals surface area (Å²) < 4.78 is 0. The molecule has 0 unspecified atom stereocenters. The normalized spacial score (nSPS) is 32.2. The van der Waals surface area contributed by atoms with E-state index in [-0.39, 0.29) is 6.10 Å². The van der Waals surface area contributed by atoms with Crippen molar-refractivity contribution in [2.24, 2.45) is 0 Å². The number of aliphatic hydroxyl groups is 1. The van der Waals surface area contributed by atoms with Gasteiger partial charge in [-0.15, -0.1) is 0 Å². The van der Waals surface area contributed by atoms with Gasteiger partial charge in [-0.3, -0.25) is 4.90 Å². The molecule has 1 aliphatic heterocycles. The highest BCUT2D eigenvalue weighted by Gasteiger charge is 2.29. The lowest BCUT2D eigenvalue weighted by Gasteiger charge is -2.29. The molecule has 0 aliphatic carbocycles. The van der Waals surface area contributed by atoms with Crippen LogP contribution in [0.15, 0.2) is 0 Å².